The normalized spacial score (nSPS) is 20.9. The molecule has 0 aliphatic carbocycles. The monoisotopic (exact) mass is 251 g/mol. The smallest absolute Gasteiger partial charge is 0.279 e. The molecule has 1 atom stereocenters. The average Bonchev–Trinajstić information content (AvgIpc) is 2.28. The summed E-state index contributed by atoms with van der Waals surface area (Å²) in [6.07, 6.45) is 0.864. The second kappa shape index (κ2) is 6.51. The van der Waals surface area contributed by atoms with Gasteiger partial charge in [-0.2, -0.15) is 17.4 Å². The van der Waals surface area contributed by atoms with E-state index < -0.39 is 16.3 Å². The zero-order chi connectivity index (χ0) is 12.0. The Hall–Kier alpha value is -0.210. The van der Waals surface area contributed by atoms with Crippen molar-refractivity contribution < 1.29 is 13.5 Å². The minimum absolute atomic E-state index is 0.0973. The van der Waals surface area contributed by atoms with Crippen LogP contribution in [0, 0.1) is 0 Å². The lowest BCUT2D eigenvalue weighted by Gasteiger charge is -2.27. The molecule has 1 rings (SSSR count). The van der Waals surface area contributed by atoms with E-state index in [0.29, 0.717) is 32.6 Å². The maximum absolute atomic E-state index is 11.8. The van der Waals surface area contributed by atoms with Crippen molar-refractivity contribution in [3.8, 4) is 0 Å². The number of hydrogen-bond donors (Lipinski definition) is 3. The van der Waals surface area contributed by atoms with Gasteiger partial charge in [-0.15, -0.1) is 0 Å². The molecule has 96 valence electrons. The van der Waals surface area contributed by atoms with Crippen LogP contribution < -0.4 is 10.0 Å². The highest BCUT2D eigenvalue weighted by atomic mass is 32.2. The van der Waals surface area contributed by atoms with Crippen LogP contribution in [0.3, 0.4) is 0 Å². The Morgan fingerprint density at radius 1 is 1.44 bits per heavy atom. The first-order valence-corrected chi connectivity index (χ1v) is 7.14. The second-order valence-corrected chi connectivity index (χ2v) is 5.70. The van der Waals surface area contributed by atoms with E-state index in [1.54, 1.807) is 0 Å². The van der Waals surface area contributed by atoms with Gasteiger partial charge in [0.2, 0.25) is 0 Å². The summed E-state index contributed by atoms with van der Waals surface area (Å²) in [4.78, 5) is 0. The first-order chi connectivity index (χ1) is 7.56. The van der Waals surface area contributed by atoms with Gasteiger partial charge < -0.3 is 10.4 Å². The van der Waals surface area contributed by atoms with Gasteiger partial charge in [0.05, 0.1) is 6.10 Å². The predicted octanol–water partition coefficient (Wildman–Crippen LogP) is -1.11. The van der Waals surface area contributed by atoms with Crippen LogP contribution in [0.1, 0.15) is 19.8 Å². The van der Waals surface area contributed by atoms with Crippen molar-refractivity contribution in [1.29, 1.82) is 0 Å². The van der Waals surface area contributed by atoms with Crippen LogP contribution in [0.5, 0.6) is 0 Å². The summed E-state index contributed by atoms with van der Waals surface area (Å²) in [6, 6.07) is 0. The van der Waals surface area contributed by atoms with E-state index >= 15 is 0 Å². The van der Waals surface area contributed by atoms with Gasteiger partial charge in [-0.1, -0.05) is 13.3 Å². The zero-order valence-electron chi connectivity index (χ0n) is 9.65. The molecule has 1 fully saturated rings. The molecule has 0 aromatic carbocycles. The van der Waals surface area contributed by atoms with E-state index in [2.05, 4.69) is 10.0 Å². The quantitative estimate of drug-likeness (QED) is 0.559. The molecule has 0 spiro atoms. The van der Waals surface area contributed by atoms with Crippen LogP contribution in [0.15, 0.2) is 0 Å². The fourth-order valence-electron chi connectivity index (χ4n) is 1.61. The molecule has 0 aromatic rings. The van der Waals surface area contributed by atoms with Gasteiger partial charge in [-0.25, -0.2) is 0 Å². The molecule has 6 nitrogen and oxygen atoms in total. The van der Waals surface area contributed by atoms with E-state index in [0.717, 1.165) is 6.42 Å². The summed E-state index contributed by atoms with van der Waals surface area (Å²) < 4.78 is 27.4. The largest absolute Gasteiger partial charge is 0.392 e. The molecule has 7 heteroatoms. The molecule has 3 N–H and O–H groups in total. The third kappa shape index (κ3) is 4.34. The van der Waals surface area contributed by atoms with E-state index in [4.69, 9.17) is 0 Å². The fourth-order valence-corrected chi connectivity index (χ4v) is 2.86. The standard InChI is InChI=1S/C9H21N3O3S/c1-2-3-9(13)8-11-16(14,15)12-6-4-10-5-7-12/h9-11,13H,2-8H2,1H3. The first kappa shape index (κ1) is 13.9. The van der Waals surface area contributed by atoms with E-state index in [1.165, 1.54) is 4.31 Å². The van der Waals surface area contributed by atoms with Crippen molar-refractivity contribution >= 4 is 10.2 Å². The summed E-state index contributed by atoms with van der Waals surface area (Å²) in [5.74, 6) is 0. The van der Waals surface area contributed by atoms with Gasteiger partial charge in [-0.3, -0.25) is 0 Å². The predicted molar refractivity (Wildman–Crippen MR) is 62.3 cm³/mol. The summed E-state index contributed by atoms with van der Waals surface area (Å²) in [5.41, 5.74) is 0. The lowest BCUT2D eigenvalue weighted by Crippen LogP contribution is -2.51. The highest BCUT2D eigenvalue weighted by Crippen LogP contribution is 2.01. The second-order valence-electron chi connectivity index (χ2n) is 3.95. The number of nitrogens with one attached hydrogen (secondary N) is 2. The van der Waals surface area contributed by atoms with Gasteiger partial charge in [0, 0.05) is 32.7 Å². The number of aliphatic hydroxyl groups is 1. The highest BCUT2D eigenvalue weighted by Gasteiger charge is 2.23. The van der Waals surface area contributed by atoms with Crippen LogP contribution in [-0.2, 0) is 10.2 Å². The molecule has 0 radical (unpaired) electrons. The van der Waals surface area contributed by atoms with Gasteiger partial charge in [0.25, 0.3) is 10.2 Å². The van der Waals surface area contributed by atoms with Crippen molar-refractivity contribution in [3.05, 3.63) is 0 Å². The molecule has 0 bridgehead atoms. The highest BCUT2D eigenvalue weighted by molar-refractivity contribution is 7.87. The lowest BCUT2D eigenvalue weighted by molar-refractivity contribution is 0.166. The van der Waals surface area contributed by atoms with Crippen LogP contribution >= 0.6 is 0 Å². The van der Waals surface area contributed by atoms with Gasteiger partial charge >= 0.3 is 0 Å². The number of hydrogen-bond acceptors (Lipinski definition) is 4. The molecule has 1 saturated heterocycles. The Balaban J connectivity index is 2.38. The average molecular weight is 251 g/mol. The molecule has 0 saturated carbocycles. The molecular weight excluding hydrogens is 230 g/mol. The van der Waals surface area contributed by atoms with Crippen molar-refractivity contribution in [1.82, 2.24) is 14.3 Å². The third-order valence-electron chi connectivity index (χ3n) is 2.54. The Morgan fingerprint density at radius 3 is 2.62 bits per heavy atom. The van der Waals surface area contributed by atoms with E-state index in [9.17, 15) is 13.5 Å². The maximum atomic E-state index is 11.8. The first-order valence-electron chi connectivity index (χ1n) is 5.69. The van der Waals surface area contributed by atoms with Crippen LogP contribution in [0.25, 0.3) is 0 Å². The van der Waals surface area contributed by atoms with Crippen molar-refractivity contribution in [2.45, 2.75) is 25.9 Å². The molecule has 16 heavy (non-hydrogen) atoms. The van der Waals surface area contributed by atoms with Crippen molar-refractivity contribution in [2.24, 2.45) is 0 Å². The van der Waals surface area contributed by atoms with E-state index in [-0.39, 0.29) is 6.54 Å². The summed E-state index contributed by atoms with van der Waals surface area (Å²) in [7, 11) is -3.41. The van der Waals surface area contributed by atoms with Crippen molar-refractivity contribution in [2.75, 3.05) is 32.7 Å². The molecular formula is C9H21N3O3S. The van der Waals surface area contributed by atoms with Crippen LogP contribution in [0.2, 0.25) is 0 Å². The summed E-state index contributed by atoms with van der Waals surface area (Å²) >= 11 is 0. The van der Waals surface area contributed by atoms with Gasteiger partial charge in [0.15, 0.2) is 0 Å². The van der Waals surface area contributed by atoms with Crippen LogP contribution in [0.4, 0.5) is 0 Å². The maximum Gasteiger partial charge on any atom is 0.279 e. The lowest BCUT2D eigenvalue weighted by atomic mass is 10.2. The zero-order valence-corrected chi connectivity index (χ0v) is 10.5. The number of piperazine rings is 1. The van der Waals surface area contributed by atoms with Gasteiger partial charge in [-0.05, 0) is 6.42 Å². The SMILES string of the molecule is CCCC(O)CNS(=O)(=O)N1CCNCC1. The molecule has 1 aliphatic rings. The summed E-state index contributed by atoms with van der Waals surface area (Å²) in [6.45, 7) is 4.38. The molecule has 1 aliphatic heterocycles. The molecule has 0 aromatic heterocycles. The Bertz CT molecular complexity index is 288. The minimum atomic E-state index is -3.41. The number of aliphatic hydroxyl groups excluding tert-OH is 1. The molecule has 0 amide bonds. The van der Waals surface area contributed by atoms with Gasteiger partial charge in [0.1, 0.15) is 0 Å². The molecule has 1 heterocycles. The Morgan fingerprint density at radius 2 is 2.06 bits per heavy atom. The number of nitrogens with zero attached hydrogens (tertiary/aromatic N) is 1. The fraction of sp³-hybridized carbons (Fsp3) is 1.00. The van der Waals surface area contributed by atoms with Crippen LogP contribution in [-0.4, -0.2) is 56.7 Å². The minimum Gasteiger partial charge on any atom is -0.392 e. The Labute approximate surface area is 97.2 Å². The topological polar surface area (TPSA) is 81.7 Å². The summed E-state index contributed by atoms with van der Waals surface area (Å²) in [5, 5.41) is 12.5. The third-order valence-corrected chi connectivity index (χ3v) is 4.12. The number of rotatable bonds is 6. The van der Waals surface area contributed by atoms with Crippen molar-refractivity contribution in [3.63, 3.8) is 0 Å². The van der Waals surface area contributed by atoms with E-state index in [1.807, 2.05) is 6.92 Å². The Kier molecular flexibility index (Phi) is 5.63. The molecule has 1 unspecified atom stereocenters.